The van der Waals surface area contributed by atoms with Crippen LogP contribution in [0.5, 0.6) is 11.6 Å². The van der Waals surface area contributed by atoms with Crippen molar-refractivity contribution >= 4 is 29.8 Å². The Kier molecular flexibility index (Phi) is 8.19. The van der Waals surface area contributed by atoms with Gasteiger partial charge in [-0.15, -0.1) is 12.4 Å². The number of hydrogen-bond donors (Lipinski definition) is 1. The van der Waals surface area contributed by atoms with Crippen LogP contribution >= 0.6 is 12.4 Å². The van der Waals surface area contributed by atoms with Crippen molar-refractivity contribution in [2.24, 2.45) is 0 Å². The second kappa shape index (κ2) is 11.4. The Morgan fingerprint density at radius 2 is 1.81 bits per heavy atom. The largest absolute Gasteiger partial charge is 0.439 e. The zero-order chi connectivity index (χ0) is 25.1. The number of benzene rings is 2. The number of carbonyl (C=O) groups excluding carboxylic acids is 1. The lowest BCUT2D eigenvalue weighted by atomic mass is 10.1. The molecule has 0 bridgehead atoms. The number of halogens is 4. The highest BCUT2D eigenvalue weighted by Gasteiger charge is 2.31. The molecule has 5 rings (SSSR count). The standard InChI is InChI=1S/C26H26F3N5O2.ClH/c27-26(28,29)19-5-4-6-20(14-19)32-25(35)34-12-9-18-13-22(7-8-23(18)34)36-24-15-21(30-17-31-24)16-33-10-2-1-3-11-33;/h4-8,13-15,17H,1-3,9-12,16H2,(H,32,35);1H. The van der Waals surface area contributed by atoms with E-state index in [0.29, 0.717) is 30.3 Å². The predicted octanol–water partition coefficient (Wildman–Crippen LogP) is 6.29. The molecule has 1 aromatic heterocycles. The van der Waals surface area contributed by atoms with Crippen LogP contribution in [0.1, 0.15) is 36.1 Å². The second-order valence-corrected chi connectivity index (χ2v) is 8.99. The number of likely N-dealkylation sites (tertiary alicyclic amines) is 1. The van der Waals surface area contributed by atoms with E-state index in [1.807, 2.05) is 12.1 Å². The van der Waals surface area contributed by atoms with Crippen LogP contribution in [0, 0.1) is 0 Å². The summed E-state index contributed by atoms with van der Waals surface area (Å²) < 4.78 is 44.9. The molecule has 7 nitrogen and oxygen atoms in total. The van der Waals surface area contributed by atoms with Gasteiger partial charge >= 0.3 is 12.2 Å². The number of fused-ring (bicyclic) bond motifs is 1. The molecular weight excluding hydrogens is 507 g/mol. The van der Waals surface area contributed by atoms with E-state index in [0.717, 1.165) is 43.0 Å². The molecule has 37 heavy (non-hydrogen) atoms. The van der Waals surface area contributed by atoms with Crippen LogP contribution in [0.4, 0.5) is 29.3 Å². The van der Waals surface area contributed by atoms with Gasteiger partial charge in [-0.2, -0.15) is 13.2 Å². The molecule has 11 heteroatoms. The molecule has 0 spiro atoms. The Balaban J connectivity index is 0.00000320. The van der Waals surface area contributed by atoms with E-state index in [4.69, 9.17) is 4.74 Å². The first-order valence-corrected chi connectivity index (χ1v) is 11.9. The number of nitrogens with one attached hydrogen (secondary N) is 1. The molecule has 0 aliphatic carbocycles. The zero-order valence-corrected chi connectivity index (χ0v) is 20.8. The van der Waals surface area contributed by atoms with E-state index >= 15 is 0 Å². The van der Waals surface area contributed by atoms with Crippen molar-refractivity contribution in [3.05, 3.63) is 71.7 Å². The van der Waals surface area contributed by atoms with Gasteiger partial charge in [-0.3, -0.25) is 9.80 Å². The molecular formula is C26H27ClF3N5O2. The third-order valence-corrected chi connectivity index (χ3v) is 6.39. The maximum absolute atomic E-state index is 13.0. The van der Waals surface area contributed by atoms with Gasteiger partial charge in [0.1, 0.15) is 12.1 Å². The number of rotatable bonds is 5. The molecule has 1 fully saturated rings. The number of aromatic nitrogens is 2. The molecule has 1 N–H and O–H groups in total. The van der Waals surface area contributed by atoms with E-state index in [1.54, 1.807) is 12.1 Å². The number of urea groups is 1. The van der Waals surface area contributed by atoms with Crippen LogP contribution in [0.2, 0.25) is 0 Å². The van der Waals surface area contributed by atoms with Gasteiger partial charge in [0.15, 0.2) is 0 Å². The number of carbonyl (C=O) groups is 1. The average molecular weight is 534 g/mol. The van der Waals surface area contributed by atoms with E-state index < -0.39 is 17.8 Å². The highest BCUT2D eigenvalue weighted by Crippen LogP contribution is 2.34. The van der Waals surface area contributed by atoms with Crippen molar-refractivity contribution in [2.45, 2.75) is 38.4 Å². The van der Waals surface area contributed by atoms with Gasteiger partial charge in [-0.1, -0.05) is 12.5 Å². The number of amides is 2. The highest BCUT2D eigenvalue weighted by atomic mass is 35.5. The topological polar surface area (TPSA) is 70.6 Å². The zero-order valence-electron chi connectivity index (χ0n) is 20.0. The second-order valence-electron chi connectivity index (χ2n) is 8.99. The summed E-state index contributed by atoms with van der Waals surface area (Å²) in [5.41, 5.74) is 1.79. The first-order chi connectivity index (χ1) is 17.3. The molecule has 3 heterocycles. The van der Waals surface area contributed by atoms with E-state index in [9.17, 15) is 18.0 Å². The van der Waals surface area contributed by atoms with Gasteiger partial charge in [-0.25, -0.2) is 14.8 Å². The third kappa shape index (κ3) is 6.50. The maximum atomic E-state index is 13.0. The summed E-state index contributed by atoms with van der Waals surface area (Å²) in [5, 5.41) is 2.57. The molecule has 196 valence electrons. The Bertz CT molecular complexity index is 1250. The number of piperidine rings is 1. The Labute approximate surface area is 219 Å². The minimum Gasteiger partial charge on any atom is -0.439 e. The van der Waals surface area contributed by atoms with Crippen molar-refractivity contribution in [3.63, 3.8) is 0 Å². The summed E-state index contributed by atoms with van der Waals surface area (Å²) in [5.74, 6) is 1.05. The lowest BCUT2D eigenvalue weighted by Crippen LogP contribution is -2.33. The molecule has 2 aliphatic heterocycles. The summed E-state index contributed by atoms with van der Waals surface area (Å²) >= 11 is 0. The van der Waals surface area contributed by atoms with Crippen molar-refractivity contribution in [1.29, 1.82) is 0 Å². The van der Waals surface area contributed by atoms with Crippen LogP contribution in [0.3, 0.4) is 0 Å². The van der Waals surface area contributed by atoms with E-state index in [-0.39, 0.29) is 18.1 Å². The number of ether oxygens (including phenoxy) is 1. The third-order valence-electron chi connectivity index (χ3n) is 6.39. The monoisotopic (exact) mass is 533 g/mol. The molecule has 0 unspecified atom stereocenters. The summed E-state index contributed by atoms with van der Waals surface area (Å²) in [6.07, 6.45) is 1.32. The molecule has 2 amide bonds. The Hall–Kier alpha value is -3.37. The molecule has 2 aliphatic rings. The van der Waals surface area contributed by atoms with Crippen LogP contribution in [-0.4, -0.2) is 40.5 Å². The van der Waals surface area contributed by atoms with E-state index in [1.165, 1.54) is 42.6 Å². The van der Waals surface area contributed by atoms with Gasteiger partial charge in [0.2, 0.25) is 5.88 Å². The quantitative estimate of drug-likeness (QED) is 0.417. The average Bonchev–Trinajstić information content (AvgIpc) is 3.28. The number of anilines is 2. The lowest BCUT2D eigenvalue weighted by molar-refractivity contribution is -0.137. The maximum Gasteiger partial charge on any atom is 0.416 e. The molecule has 3 aromatic rings. The minimum absolute atomic E-state index is 0. The highest BCUT2D eigenvalue weighted by molar-refractivity contribution is 6.03. The Morgan fingerprint density at radius 3 is 2.59 bits per heavy atom. The number of hydrogen-bond acceptors (Lipinski definition) is 5. The first kappa shape index (κ1) is 26.7. The SMILES string of the molecule is Cl.O=C(Nc1cccc(C(F)(F)F)c1)N1CCc2cc(Oc3cc(CN4CCCCC4)ncn3)ccc21. The number of nitrogens with zero attached hydrogens (tertiary/aromatic N) is 4. The van der Waals surface area contributed by atoms with Crippen LogP contribution in [-0.2, 0) is 19.1 Å². The van der Waals surface area contributed by atoms with Crippen LogP contribution < -0.4 is 15.0 Å². The van der Waals surface area contributed by atoms with Crippen molar-refractivity contribution in [3.8, 4) is 11.6 Å². The lowest BCUT2D eigenvalue weighted by Gasteiger charge is -2.25. The fourth-order valence-corrected chi connectivity index (χ4v) is 4.60. The van der Waals surface area contributed by atoms with Crippen molar-refractivity contribution in [1.82, 2.24) is 14.9 Å². The molecule has 2 aromatic carbocycles. The van der Waals surface area contributed by atoms with E-state index in [2.05, 4.69) is 20.2 Å². The summed E-state index contributed by atoms with van der Waals surface area (Å²) in [7, 11) is 0. The Morgan fingerprint density at radius 1 is 1.00 bits per heavy atom. The van der Waals surface area contributed by atoms with Gasteiger partial charge in [-0.05, 0) is 74.3 Å². The summed E-state index contributed by atoms with van der Waals surface area (Å²) in [6, 6.07) is 11.3. The van der Waals surface area contributed by atoms with Gasteiger partial charge in [0.25, 0.3) is 0 Å². The molecule has 0 atom stereocenters. The smallest absolute Gasteiger partial charge is 0.416 e. The van der Waals surface area contributed by atoms with Gasteiger partial charge < -0.3 is 10.1 Å². The predicted molar refractivity (Wildman–Crippen MR) is 136 cm³/mol. The summed E-state index contributed by atoms with van der Waals surface area (Å²) in [4.78, 5) is 25.3. The minimum atomic E-state index is -4.48. The fourth-order valence-electron chi connectivity index (χ4n) is 4.60. The molecule has 1 saturated heterocycles. The van der Waals surface area contributed by atoms with Crippen LogP contribution in [0.25, 0.3) is 0 Å². The van der Waals surface area contributed by atoms with Crippen molar-refractivity contribution < 1.29 is 22.7 Å². The number of alkyl halides is 3. The molecule has 0 radical (unpaired) electrons. The van der Waals surface area contributed by atoms with Crippen LogP contribution in [0.15, 0.2) is 54.9 Å². The van der Waals surface area contributed by atoms with Crippen molar-refractivity contribution in [2.75, 3.05) is 29.9 Å². The molecule has 0 saturated carbocycles. The summed E-state index contributed by atoms with van der Waals surface area (Å²) in [6.45, 7) is 3.32. The first-order valence-electron chi connectivity index (χ1n) is 11.9. The van der Waals surface area contributed by atoms with Gasteiger partial charge in [0, 0.05) is 30.5 Å². The normalized spacial score (nSPS) is 15.6. The van der Waals surface area contributed by atoms with Gasteiger partial charge in [0.05, 0.1) is 11.3 Å². The fraction of sp³-hybridized carbons (Fsp3) is 0.346.